The number of hydrogen-bond acceptors (Lipinski definition) is 2. The van der Waals surface area contributed by atoms with E-state index in [-0.39, 0.29) is 5.91 Å². The number of aromatic nitrogens is 2. The summed E-state index contributed by atoms with van der Waals surface area (Å²) in [5.74, 6) is -0.143. The summed E-state index contributed by atoms with van der Waals surface area (Å²) in [6, 6.07) is 15.8. The van der Waals surface area contributed by atoms with Gasteiger partial charge in [0.15, 0.2) is 0 Å². The predicted octanol–water partition coefficient (Wildman–Crippen LogP) is 4.05. The molecule has 0 radical (unpaired) electrons. The Kier molecular flexibility index (Phi) is 3.98. The Morgan fingerprint density at radius 1 is 1.00 bits per heavy atom. The first kappa shape index (κ1) is 15.0. The van der Waals surface area contributed by atoms with Gasteiger partial charge in [-0.2, -0.15) is 5.10 Å². The van der Waals surface area contributed by atoms with Crippen molar-refractivity contribution in [2.75, 3.05) is 5.32 Å². The first-order chi connectivity index (χ1) is 11.1. The Bertz CT molecular complexity index is 847. The molecule has 0 aliphatic carbocycles. The van der Waals surface area contributed by atoms with E-state index in [1.807, 2.05) is 69.3 Å². The Balaban J connectivity index is 1.88. The Hall–Kier alpha value is -2.88. The second kappa shape index (κ2) is 6.08. The van der Waals surface area contributed by atoms with Crippen molar-refractivity contribution in [1.29, 1.82) is 0 Å². The maximum absolute atomic E-state index is 12.5. The average Bonchev–Trinajstić information content (AvgIpc) is 2.92. The lowest BCUT2D eigenvalue weighted by atomic mass is 10.2. The van der Waals surface area contributed by atoms with Crippen LogP contribution in [0.4, 0.5) is 5.69 Å². The molecule has 0 bridgehead atoms. The maximum Gasteiger partial charge on any atom is 0.259 e. The minimum absolute atomic E-state index is 0.143. The van der Waals surface area contributed by atoms with Crippen LogP contribution < -0.4 is 5.32 Å². The highest BCUT2D eigenvalue weighted by Crippen LogP contribution is 2.18. The van der Waals surface area contributed by atoms with Gasteiger partial charge in [-0.1, -0.05) is 35.9 Å². The number of hydrogen-bond donors (Lipinski definition) is 1. The molecule has 0 saturated heterocycles. The van der Waals surface area contributed by atoms with Crippen LogP contribution >= 0.6 is 0 Å². The molecule has 1 heterocycles. The highest BCUT2D eigenvalue weighted by Gasteiger charge is 2.15. The monoisotopic (exact) mass is 305 g/mol. The summed E-state index contributed by atoms with van der Waals surface area (Å²) in [6.45, 7) is 5.92. The molecule has 0 saturated carbocycles. The molecule has 2 aromatic carbocycles. The van der Waals surface area contributed by atoms with E-state index in [1.54, 1.807) is 10.9 Å². The third-order valence-corrected chi connectivity index (χ3v) is 3.93. The molecular weight excluding hydrogens is 286 g/mol. The quantitative estimate of drug-likeness (QED) is 0.793. The van der Waals surface area contributed by atoms with E-state index < -0.39 is 0 Å². The predicted molar refractivity (Wildman–Crippen MR) is 92.2 cm³/mol. The minimum atomic E-state index is -0.143. The SMILES string of the molecule is Cc1ccc(-n2ncc(C(=O)Nc3ccccc3C)c2C)cc1. The van der Waals surface area contributed by atoms with E-state index >= 15 is 0 Å². The van der Waals surface area contributed by atoms with Crippen molar-refractivity contribution >= 4 is 11.6 Å². The lowest BCUT2D eigenvalue weighted by molar-refractivity contribution is 0.102. The van der Waals surface area contributed by atoms with E-state index in [9.17, 15) is 4.79 Å². The first-order valence-corrected chi connectivity index (χ1v) is 7.55. The van der Waals surface area contributed by atoms with Crippen LogP contribution in [0.25, 0.3) is 5.69 Å². The number of carbonyl (C=O) groups is 1. The molecule has 0 atom stereocenters. The molecule has 1 aromatic heterocycles. The van der Waals surface area contributed by atoms with Gasteiger partial charge in [-0.15, -0.1) is 0 Å². The number of nitrogens with zero attached hydrogens (tertiary/aromatic N) is 2. The summed E-state index contributed by atoms with van der Waals surface area (Å²) >= 11 is 0. The van der Waals surface area contributed by atoms with Crippen molar-refractivity contribution in [2.45, 2.75) is 20.8 Å². The summed E-state index contributed by atoms with van der Waals surface area (Å²) in [4.78, 5) is 12.5. The molecule has 23 heavy (non-hydrogen) atoms. The maximum atomic E-state index is 12.5. The zero-order valence-electron chi connectivity index (χ0n) is 13.5. The summed E-state index contributed by atoms with van der Waals surface area (Å²) in [5.41, 5.74) is 5.39. The van der Waals surface area contributed by atoms with Gasteiger partial charge in [-0.05, 0) is 44.5 Å². The molecule has 0 aliphatic heterocycles. The molecule has 4 heteroatoms. The summed E-state index contributed by atoms with van der Waals surface area (Å²) < 4.78 is 1.78. The van der Waals surface area contributed by atoms with Gasteiger partial charge in [0.25, 0.3) is 5.91 Å². The highest BCUT2D eigenvalue weighted by atomic mass is 16.1. The second-order valence-electron chi connectivity index (χ2n) is 5.66. The third-order valence-electron chi connectivity index (χ3n) is 3.93. The zero-order valence-corrected chi connectivity index (χ0v) is 13.5. The topological polar surface area (TPSA) is 46.9 Å². The van der Waals surface area contributed by atoms with Gasteiger partial charge in [0, 0.05) is 5.69 Å². The largest absolute Gasteiger partial charge is 0.322 e. The molecule has 0 spiro atoms. The second-order valence-corrected chi connectivity index (χ2v) is 5.66. The van der Waals surface area contributed by atoms with Crippen molar-refractivity contribution in [3.05, 3.63) is 77.1 Å². The molecule has 0 aliphatic rings. The van der Waals surface area contributed by atoms with Crippen LogP contribution in [0.3, 0.4) is 0 Å². The Labute approximate surface area is 135 Å². The van der Waals surface area contributed by atoms with Gasteiger partial charge >= 0.3 is 0 Å². The number of nitrogens with one attached hydrogen (secondary N) is 1. The van der Waals surface area contributed by atoms with E-state index in [1.165, 1.54) is 5.56 Å². The van der Waals surface area contributed by atoms with Crippen molar-refractivity contribution in [3.8, 4) is 5.69 Å². The van der Waals surface area contributed by atoms with Crippen LogP contribution in [-0.2, 0) is 0 Å². The first-order valence-electron chi connectivity index (χ1n) is 7.55. The zero-order chi connectivity index (χ0) is 16.4. The lowest BCUT2D eigenvalue weighted by Crippen LogP contribution is -2.13. The smallest absolute Gasteiger partial charge is 0.259 e. The van der Waals surface area contributed by atoms with Crippen molar-refractivity contribution < 1.29 is 4.79 Å². The van der Waals surface area contributed by atoms with Crippen LogP contribution in [0, 0.1) is 20.8 Å². The molecule has 116 valence electrons. The number of aryl methyl sites for hydroxylation is 2. The van der Waals surface area contributed by atoms with Gasteiger partial charge in [0.05, 0.1) is 23.1 Å². The van der Waals surface area contributed by atoms with E-state index in [4.69, 9.17) is 0 Å². The van der Waals surface area contributed by atoms with Crippen molar-refractivity contribution in [1.82, 2.24) is 9.78 Å². The fourth-order valence-electron chi connectivity index (χ4n) is 2.48. The fraction of sp³-hybridized carbons (Fsp3) is 0.158. The molecule has 0 unspecified atom stereocenters. The number of amides is 1. The van der Waals surface area contributed by atoms with Crippen LogP contribution in [0.5, 0.6) is 0 Å². The molecule has 3 rings (SSSR count). The summed E-state index contributed by atoms with van der Waals surface area (Å²) in [7, 11) is 0. The molecule has 1 N–H and O–H groups in total. The number of para-hydroxylation sites is 1. The van der Waals surface area contributed by atoms with Crippen molar-refractivity contribution in [2.24, 2.45) is 0 Å². The Morgan fingerprint density at radius 3 is 2.39 bits per heavy atom. The van der Waals surface area contributed by atoms with Crippen LogP contribution in [-0.4, -0.2) is 15.7 Å². The van der Waals surface area contributed by atoms with Gasteiger partial charge in [-0.25, -0.2) is 4.68 Å². The highest BCUT2D eigenvalue weighted by molar-refractivity contribution is 6.05. The standard InChI is InChI=1S/C19H19N3O/c1-13-8-10-16(11-9-13)22-15(3)17(12-20-22)19(23)21-18-7-5-4-6-14(18)2/h4-12H,1-3H3,(H,21,23). The van der Waals surface area contributed by atoms with Crippen molar-refractivity contribution in [3.63, 3.8) is 0 Å². The van der Waals surface area contributed by atoms with E-state index in [0.717, 1.165) is 22.6 Å². The number of rotatable bonds is 3. The van der Waals surface area contributed by atoms with Crippen LogP contribution in [0.15, 0.2) is 54.7 Å². The molecule has 1 amide bonds. The summed E-state index contributed by atoms with van der Waals surface area (Å²) in [5, 5.41) is 7.31. The molecule has 4 nitrogen and oxygen atoms in total. The average molecular weight is 305 g/mol. The van der Waals surface area contributed by atoms with E-state index in [2.05, 4.69) is 10.4 Å². The number of benzene rings is 2. The van der Waals surface area contributed by atoms with Crippen LogP contribution in [0.1, 0.15) is 27.2 Å². The molecule has 3 aromatic rings. The molecular formula is C19H19N3O. The number of carbonyl (C=O) groups excluding carboxylic acids is 1. The minimum Gasteiger partial charge on any atom is -0.322 e. The lowest BCUT2D eigenvalue weighted by Gasteiger charge is -2.08. The fourth-order valence-corrected chi connectivity index (χ4v) is 2.48. The normalized spacial score (nSPS) is 10.6. The Morgan fingerprint density at radius 2 is 1.70 bits per heavy atom. The number of anilines is 1. The molecule has 0 fully saturated rings. The third kappa shape index (κ3) is 3.01. The summed E-state index contributed by atoms with van der Waals surface area (Å²) in [6.07, 6.45) is 1.61. The van der Waals surface area contributed by atoms with Gasteiger partial charge in [0.2, 0.25) is 0 Å². The van der Waals surface area contributed by atoms with E-state index in [0.29, 0.717) is 5.56 Å². The van der Waals surface area contributed by atoms with Crippen LogP contribution in [0.2, 0.25) is 0 Å². The van der Waals surface area contributed by atoms with Gasteiger partial charge in [0.1, 0.15) is 0 Å². The van der Waals surface area contributed by atoms with Gasteiger partial charge in [-0.3, -0.25) is 4.79 Å². The van der Waals surface area contributed by atoms with Gasteiger partial charge < -0.3 is 5.32 Å².